The maximum absolute atomic E-state index is 13.7. The van der Waals surface area contributed by atoms with Crippen LogP contribution in [-0.4, -0.2) is 39.1 Å². The van der Waals surface area contributed by atoms with Crippen molar-refractivity contribution in [2.75, 3.05) is 13.1 Å². The molecular weight excluding hydrogens is 406 g/mol. The van der Waals surface area contributed by atoms with Gasteiger partial charge in [-0.2, -0.15) is 0 Å². The predicted molar refractivity (Wildman–Crippen MR) is 121 cm³/mol. The molecule has 1 N–H and O–H groups in total. The van der Waals surface area contributed by atoms with Crippen LogP contribution in [0.5, 0.6) is 0 Å². The van der Waals surface area contributed by atoms with E-state index in [1.54, 1.807) is 29.4 Å². The van der Waals surface area contributed by atoms with Crippen molar-refractivity contribution in [3.63, 3.8) is 0 Å². The number of likely N-dealkylation sites (N-methyl/N-ethyl adjacent to an activating group) is 1. The number of carbonyl (C=O) groups excluding carboxylic acids is 1. The lowest BCUT2D eigenvalue weighted by Crippen LogP contribution is -2.35. The maximum Gasteiger partial charge on any atom is 0.259 e. The Kier molecular flexibility index (Phi) is 6.37. The minimum absolute atomic E-state index is 0.173. The van der Waals surface area contributed by atoms with Crippen LogP contribution in [0.2, 0.25) is 0 Å². The van der Waals surface area contributed by atoms with E-state index in [0.717, 1.165) is 17.5 Å². The number of furan rings is 1. The molecule has 0 fully saturated rings. The average Bonchev–Trinajstić information content (AvgIpc) is 3.47. The van der Waals surface area contributed by atoms with Gasteiger partial charge in [-0.05, 0) is 44.0 Å². The van der Waals surface area contributed by atoms with Crippen LogP contribution >= 0.6 is 0 Å². The number of hydrogen-bond acceptors (Lipinski definition) is 6. The van der Waals surface area contributed by atoms with Crippen molar-refractivity contribution in [2.45, 2.75) is 39.7 Å². The summed E-state index contributed by atoms with van der Waals surface area (Å²) in [5.41, 5.74) is 3.85. The van der Waals surface area contributed by atoms with Gasteiger partial charge < -0.3 is 18.9 Å². The Morgan fingerprint density at radius 3 is 2.62 bits per heavy atom. The highest BCUT2D eigenvalue weighted by molar-refractivity contribution is 6.07. The van der Waals surface area contributed by atoms with Crippen molar-refractivity contribution in [1.82, 2.24) is 15.0 Å². The summed E-state index contributed by atoms with van der Waals surface area (Å²) in [5.74, 6) is 0.330. The van der Waals surface area contributed by atoms with Crippen molar-refractivity contribution in [3.05, 3.63) is 71.1 Å². The van der Waals surface area contributed by atoms with Crippen LogP contribution in [0.3, 0.4) is 0 Å². The van der Waals surface area contributed by atoms with Gasteiger partial charge in [0.25, 0.3) is 11.6 Å². The number of hydrogen-bond donors (Lipinski definition) is 1. The van der Waals surface area contributed by atoms with E-state index in [2.05, 4.69) is 10.1 Å². The topological polar surface area (TPSA) is 92.6 Å². The first-order chi connectivity index (χ1) is 15.5. The van der Waals surface area contributed by atoms with Gasteiger partial charge in [-0.1, -0.05) is 48.3 Å². The molecular formula is C25H27N3O4. The molecule has 0 aliphatic rings. The lowest BCUT2D eigenvalue weighted by atomic mass is 10.0. The van der Waals surface area contributed by atoms with Crippen LogP contribution in [-0.2, 0) is 6.42 Å². The van der Waals surface area contributed by atoms with Crippen LogP contribution in [0.15, 0.2) is 57.7 Å². The summed E-state index contributed by atoms with van der Waals surface area (Å²) in [4.78, 5) is 19.8. The molecule has 1 amide bonds. The number of fused-ring (bicyclic) bond motifs is 1. The number of rotatable bonds is 8. The fourth-order valence-electron chi connectivity index (χ4n) is 3.77. The van der Waals surface area contributed by atoms with Gasteiger partial charge >= 0.3 is 0 Å². The first kappa shape index (κ1) is 21.8. The molecule has 7 heteroatoms. The van der Waals surface area contributed by atoms with E-state index in [4.69, 9.17) is 8.94 Å². The number of aromatic nitrogens is 2. The summed E-state index contributed by atoms with van der Waals surface area (Å²) >= 11 is 0. The fourth-order valence-corrected chi connectivity index (χ4v) is 3.77. The first-order valence-electron chi connectivity index (χ1n) is 10.9. The molecule has 3 aromatic heterocycles. The number of aryl methyl sites for hydroxylation is 2. The molecule has 0 aliphatic heterocycles. The number of aliphatic hydroxyl groups excluding tert-OH is 1. The molecule has 0 saturated carbocycles. The van der Waals surface area contributed by atoms with Gasteiger partial charge in [0.2, 0.25) is 0 Å². The Morgan fingerprint density at radius 1 is 1.19 bits per heavy atom. The third-order valence-electron chi connectivity index (χ3n) is 5.53. The summed E-state index contributed by atoms with van der Waals surface area (Å²) in [7, 11) is 0. The van der Waals surface area contributed by atoms with Crippen molar-refractivity contribution in [1.29, 1.82) is 0 Å². The van der Waals surface area contributed by atoms with Gasteiger partial charge in [-0.15, -0.1) is 0 Å². The van der Waals surface area contributed by atoms with Crippen molar-refractivity contribution >= 4 is 17.0 Å². The molecule has 32 heavy (non-hydrogen) atoms. The zero-order chi connectivity index (χ0) is 22.7. The second kappa shape index (κ2) is 9.36. The average molecular weight is 434 g/mol. The molecule has 1 atom stereocenters. The quantitative estimate of drug-likeness (QED) is 0.423. The number of aliphatic hydroxyl groups is 1. The molecule has 3 heterocycles. The van der Waals surface area contributed by atoms with Gasteiger partial charge in [0.1, 0.15) is 5.69 Å². The zero-order valence-corrected chi connectivity index (χ0v) is 18.5. The van der Waals surface area contributed by atoms with E-state index in [-0.39, 0.29) is 12.5 Å². The van der Waals surface area contributed by atoms with Crippen LogP contribution in [0.25, 0.3) is 22.6 Å². The third kappa shape index (κ3) is 4.29. The number of benzene rings is 1. The Labute approximate surface area is 186 Å². The first-order valence-corrected chi connectivity index (χ1v) is 10.9. The second-order valence-corrected chi connectivity index (χ2v) is 7.86. The van der Waals surface area contributed by atoms with Gasteiger partial charge in [0, 0.05) is 6.54 Å². The second-order valence-electron chi connectivity index (χ2n) is 7.86. The van der Waals surface area contributed by atoms with Crippen LogP contribution < -0.4 is 0 Å². The number of nitrogens with zero attached hydrogens (tertiary/aromatic N) is 3. The smallest absolute Gasteiger partial charge is 0.259 e. The molecule has 1 unspecified atom stereocenters. The van der Waals surface area contributed by atoms with Crippen molar-refractivity contribution < 1.29 is 18.8 Å². The minimum Gasteiger partial charge on any atom is -0.463 e. The number of carbonyl (C=O) groups is 1. The van der Waals surface area contributed by atoms with Gasteiger partial charge in [0.05, 0.1) is 35.6 Å². The summed E-state index contributed by atoms with van der Waals surface area (Å²) in [6.45, 7) is 6.55. The largest absolute Gasteiger partial charge is 0.463 e. The van der Waals surface area contributed by atoms with E-state index in [1.165, 1.54) is 0 Å². The molecule has 166 valence electrons. The predicted octanol–water partition coefficient (Wildman–Crippen LogP) is 4.94. The molecule has 0 spiro atoms. The highest BCUT2D eigenvalue weighted by Crippen LogP contribution is 2.29. The van der Waals surface area contributed by atoms with E-state index in [9.17, 15) is 9.90 Å². The van der Waals surface area contributed by atoms with Crippen LogP contribution in [0.4, 0.5) is 0 Å². The van der Waals surface area contributed by atoms with Gasteiger partial charge in [-0.25, -0.2) is 4.98 Å². The highest BCUT2D eigenvalue weighted by Gasteiger charge is 2.26. The van der Waals surface area contributed by atoms with E-state index in [0.29, 0.717) is 46.8 Å². The summed E-state index contributed by atoms with van der Waals surface area (Å²) in [5, 5.41) is 15.6. The molecule has 0 aliphatic carbocycles. The van der Waals surface area contributed by atoms with Gasteiger partial charge in [-0.3, -0.25) is 4.79 Å². The number of amides is 1. The maximum atomic E-state index is 13.7. The number of pyridine rings is 1. The normalized spacial score (nSPS) is 12.2. The lowest BCUT2D eigenvalue weighted by Gasteiger charge is -2.24. The minimum atomic E-state index is -0.793. The van der Waals surface area contributed by atoms with Crippen LogP contribution in [0.1, 0.15) is 53.6 Å². The van der Waals surface area contributed by atoms with Crippen LogP contribution in [0, 0.1) is 6.92 Å². The van der Waals surface area contributed by atoms with Crippen molar-refractivity contribution in [3.8, 4) is 11.5 Å². The highest BCUT2D eigenvalue weighted by atomic mass is 16.5. The van der Waals surface area contributed by atoms with E-state index in [1.807, 2.05) is 45.0 Å². The molecule has 0 bridgehead atoms. The summed E-state index contributed by atoms with van der Waals surface area (Å²) in [6, 6.07) is 12.9. The standard InChI is InChI=1S/C25H27N3O4/c1-4-7-19-23-18(14-20(22-8-6-13-31-22)26-24(23)32-27-19)25(30)28(5-2)15-21(29)17-11-9-16(3)10-12-17/h6,8-14,21,29H,4-5,7,15H2,1-3H3. The van der Waals surface area contributed by atoms with E-state index >= 15 is 0 Å². The fraction of sp³-hybridized carbons (Fsp3) is 0.320. The Balaban J connectivity index is 1.72. The summed E-state index contributed by atoms with van der Waals surface area (Å²) in [6.07, 6.45) is 2.30. The molecule has 4 rings (SSSR count). The zero-order valence-electron chi connectivity index (χ0n) is 18.5. The van der Waals surface area contributed by atoms with E-state index < -0.39 is 6.10 Å². The molecule has 0 radical (unpaired) electrons. The monoisotopic (exact) mass is 433 g/mol. The Hall–Kier alpha value is -3.45. The lowest BCUT2D eigenvalue weighted by molar-refractivity contribution is 0.0636. The summed E-state index contributed by atoms with van der Waals surface area (Å²) < 4.78 is 11.0. The SMILES string of the molecule is CCCc1noc2nc(-c3ccco3)cc(C(=O)N(CC)CC(O)c3ccc(C)cc3)c12. The van der Waals surface area contributed by atoms with Gasteiger partial charge in [0.15, 0.2) is 5.76 Å². The molecule has 4 aromatic rings. The molecule has 0 saturated heterocycles. The van der Waals surface area contributed by atoms with Crippen molar-refractivity contribution in [2.24, 2.45) is 0 Å². The Bertz CT molecular complexity index is 1200. The molecule has 7 nitrogen and oxygen atoms in total. The third-order valence-corrected chi connectivity index (χ3v) is 5.53. The molecule has 1 aromatic carbocycles. The Morgan fingerprint density at radius 2 is 1.97 bits per heavy atom.